The van der Waals surface area contributed by atoms with E-state index in [1.165, 1.54) is 44.9 Å². The fourth-order valence-electron chi connectivity index (χ4n) is 5.04. The highest BCUT2D eigenvalue weighted by atomic mass is 16.1. The van der Waals surface area contributed by atoms with E-state index < -0.39 is 0 Å². The molecular formula is C24H41NO2. The molecule has 2 saturated carbocycles. The number of Topliss-reactive ketones (excluding diaryl/α,β-unsaturated/α-hetero) is 2. The first-order valence-corrected chi connectivity index (χ1v) is 11.4. The lowest BCUT2D eigenvalue weighted by molar-refractivity contribution is -0.126. The van der Waals surface area contributed by atoms with Gasteiger partial charge in [0, 0.05) is 30.9 Å². The van der Waals surface area contributed by atoms with E-state index in [1.807, 2.05) is 20.8 Å². The molecule has 3 atom stereocenters. The minimum absolute atomic E-state index is 0.176. The molecule has 0 aromatic carbocycles. The van der Waals surface area contributed by atoms with Gasteiger partial charge in [0.25, 0.3) is 0 Å². The molecule has 2 fully saturated rings. The molecule has 27 heavy (non-hydrogen) atoms. The molecular weight excluding hydrogens is 334 g/mol. The standard InChI is InChI=1S/C24H41NO2/c1-24(2,3)23(25)17-19(26)13-5-4-6-16-22(27)21-15-10-8-12-18-11-7-9-14-20(18)21/h18,20-21,25H,4-17H2,1-3H3. The molecule has 1 N–H and O–H groups in total. The number of unbranched alkanes of at least 4 members (excludes halogenated alkanes) is 2. The second kappa shape index (κ2) is 10.5. The van der Waals surface area contributed by atoms with Gasteiger partial charge in [0.05, 0.1) is 0 Å². The zero-order valence-corrected chi connectivity index (χ0v) is 17.9. The molecule has 0 radical (unpaired) electrons. The van der Waals surface area contributed by atoms with E-state index in [9.17, 15) is 9.59 Å². The minimum atomic E-state index is -0.211. The van der Waals surface area contributed by atoms with Gasteiger partial charge in [-0.05, 0) is 42.9 Å². The van der Waals surface area contributed by atoms with Crippen molar-refractivity contribution in [3.8, 4) is 0 Å². The van der Waals surface area contributed by atoms with Gasteiger partial charge in [-0.2, -0.15) is 0 Å². The van der Waals surface area contributed by atoms with Crippen molar-refractivity contribution in [3.05, 3.63) is 0 Å². The van der Waals surface area contributed by atoms with Crippen LogP contribution in [-0.4, -0.2) is 17.3 Å². The molecule has 3 nitrogen and oxygen atoms in total. The normalized spacial score (nSPS) is 26.1. The highest BCUT2D eigenvalue weighted by molar-refractivity contribution is 6.02. The van der Waals surface area contributed by atoms with E-state index in [0.717, 1.165) is 31.6 Å². The van der Waals surface area contributed by atoms with Crippen molar-refractivity contribution in [2.75, 3.05) is 0 Å². The fraction of sp³-hybridized carbons (Fsp3) is 0.875. The molecule has 2 rings (SSSR count). The van der Waals surface area contributed by atoms with Gasteiger partial charge in [0.15, 0.2) is 0 Å². The van der Waals surface area contributed by atoms with Gasteiger partial charge in [0.2, 0.25) is 0 Å². The van der Waals surface area contributed by atoms with Gasteiger partial charge in [0.1, 0.15) is 11.6 Å². The van der Waals surface area contributed by atoms with Crippen LogP contribution in [0.2, 0.25) is 0 Å². The first kappa shape index (κ1) is 22.3. The summed E-state index contributed by atoms with van der Waals surface area (Å²) in [7, 11) is 0. The Balaban J connectivity index is 1.66. The van der Waals surface area contributed by atoms with Crippen LogP contribution in [0.5, 0.6) is 0 Å². The first-order chi connectivity index (χ1) is 12.8. The number of hydrogen-bond acceptors (Lipinski definition) is 3. The van der Waals surface area contributed by atoms with Gasteiger partial charge >= 0.3 is 0 Å². The van der Waals surface area contributed by atoms with Crippen molar-refractivity contribution < 1.29 is 9.59 Å². The number of fused-ring (bicyclic) bond motifs is 1. The smallest absolute Gasteiger partial charge is 0.138 e. The summed E-state index contributed by atoms with van der Waals surface area (Å²) in [6.07, 6.45) is 14.6. The van der Waals surface area contributed by atoms with E-state index in [4.69, 9.17) is 5.41 Å². The Labute approximate surface area is 166 Å². The van der Waals surface area contributed by atoms with E-state index in [1.54, 1.807) is 0 Å². The van der Waals surface area contributed by atoms with Crippen LogP contribution in [0.3, 0.4) is 0 Å². The minimum Gasteiger partial charge on any atom is -0.309 e. The van der Waals surface area contributed by atoms with Crippen LogP contribution in [0.1, 0.15) is 111 Å². The molecule has 154 valence electrons. The lowest BCUT2D eigenvalue weighted by atomic mass is 9.70. The summed E-state index contributed by atoms with van der Waals surface area (Å²) in [5, 5.41) is 7.98. The Kier molecular flexibility index (Phi) is 8.69. The highest BCUT2D eigenvalue weighted by Crippen LogP contribution is 2.43. The summed E-state index contributed by atoms with van der Waals surface area (Å²) in [6, 6.07) is 0. The van der Waals surface area contributed by atoms with Gasteiger partial charge in [-0.25, -0.2) is 0 Å². The average Bonchev–Trinajstić information content (AvgIpc) is 2.83. The average molecular weight is 376 g/mol. The molecule has 0 aromatic rings. The van der Waals surface area contributed by atoms with E-state index in [-0.39, 0.29) is 17.6 Å². The zero-order chi connectivity index (χ0) is 19.9. The molecule has 2 aliphatic rings. The maximum Gasteiger partial charge on any atom is 0.138 e. The van der Waals surface area contributed by atoms with Crippen molar-refractivity contribution in [2.45, 2.75) is 111 Å². The van der Waals surface area contributed by atoms with Gasteiger partial charge in [-0.3, -0.25) is 9.59 Å². The largest absolute Gasteiger partial charge is 0.309 e. The van der Waals surface area contributed by atoms with Crippen LogP contribution in [0.15, 0.2) is 0 Å². The zero-order valence-electron chi connectivity index (χ0n) is 17.9. The summed E-state index contributed by atoms with van der Waals surface area (Å²) in [5.41, 5.74) is 0.315. The lowest BCUT2D eigenvalue weighted by Gasteiger charge is -2.34. The van der Waals surface area contributed by atoms with Crippen molar-refractivity contribution in [2.24, 2.45) is 23.2 Å². The summed E-state index contributed by atoms with van der Waals surface area (Å²) >= 11 is 0. The summed E-state index contributed by atoms with van der Waals surface area (Å²) < 4.78 is 0. The Hall–Kier alpha value is -0.990. The number of carbonyl (C=O) groups is 2. The summed E-state index contributed by atoms with van der Waals surface area (Å²) in [5.74, 6) is 2.49. The van der Waals surface area contributed by atoms with Gasteiger partial charge in [-0.15, -0.1) is 0 Å². The van der Waals surface area contributed by atoms with Crippen molar-refractivity contribution in [1.82, 2.24) is 0 Å². The van der Waals surface area contributed by atoms with Crippen LogP contribution < -0.4 is 0 Å². The molecule has 3 heteroatoms. The van der Waals surface area contributed by atoms with E-state index >= 15 is 0 Å². The number of hydrogen-bond donors (Lipinski definition) is 1. The molecule has 0 bridgehead atoms. The van der Waals surface area contributed by atoms with Crippen LogP contribution in [-0.2, 0) is 9.59 Å². The molecule has 2 aliphatic carbocycles. The molecule has 0 saturated heterocycles. The van der Waals surface area contributed by atoms with E-state index in [0.29, 0.717) is 36.2 Å². The first-order valence-electron chi connectivity index (χ1n) is 11.4. The van der Waals surface area contributed by atoms with Gasteiger partial charge in [-0.1, -0.05) is 65.7 Å². The Morgan fingerprint density at radius 1 is 0.852 bits per heavy atom. The molecule has 0 spiro atoms. The number of ketones is 2. The lowest BCUT2D eigenvalue weighted by Crippen LogP contribution is -2.30. The second-order valence-electron chi connectivity index (χ2n) is 10.1. The van der Waals surface area contributed by atoms with Crippen LogP contribution >= 0.6 is 0 Å². The van der Waals surface area contributed by atoms with Crippen molar-refractivity contribution in [3.63, 3.8) is 0 Å². The summed E-state index contributed by atoms with van der Waals surface area (Å²) in [4.78, 5) is 24.9. The van der Waals surface area contributed by atoms with Crippen LogP contribution in [0.4, 0.5) is 0 Å². The Bertz CT molecular complexity index is 517. The number of nitrogens with one attached hydrogen (secondary N) is 1. The second-order valence-corrected chi connectivity index (χ2v) is 10.1. The molecule has 0 heterocycles. The SMILES string of the molecule is CC(C)(C)C(=N)CC(=O)CCCCCC(=O)C1CCCCC2CCCCC21. The van der Waals surface area contributed by atoms with Crippen molar-refractivity contribution >= 4 is 17.3 Å². The third-order valence-corrected chi connectivity index (χ3v) is 6.90. The monoisotopic (exact) mass is 375 g/mol. The van der Waals surface area contributed by atoms with Gasteiger partial charge < -0.3 is 5.41 Å². The Morgan fingerprint density at radius 3 is 2.11 bits per heavy atom. The third-order valence-electron chi connectivity index (χ3n) is 6.90. The quantitative estimate of drug-likeness (QED) is 0.368. The predicted octanol–water partition coefficient (Wildman–Crippen LogP) is 6.53. The molecule has 0 aromatic heterocycles. The number of carbonyl (C=O) groups excluding carboxylic acids is 2. The molecule has 3 unspecified atom stereocenters. The molecule has 0 amide bonds. The van der Waals surface area contributed by atoms with E-state index in [2.05, 4.69) is 0 Å². The fourth-order valence-corrected chi connectivity index (χ4v) is 5.04. The highest BCUT2D eigenvalue weighted by Gasteiger charge is 2.36. The molecule has 0 aliphatic heterocycles. The Morgan fingerprint density at radius 2 is 1.44 bits per heavy atom. The summed E-state index contributed by atoms with van der Waals surface area (Å²) in [6.45, 7) is 5.95. The maximum absolute atomic E-state index is 12.9. The predicted molar refractivity (Wildman–Crippen MR) is 112 cm³/mol. The third kappa shape index (κ3) is 7.16. The van der Waals surface area contributed by atoms with Crippen molar-refractivity contribution in [1.29, 1.82) is 5.41 Å². The topological polar surface area (TPSA) is 58.0 Å². The van der Waals surface area contributed by atoms with Crippen LogP contribution in [0.25, 0.3) is 0 Å². The van der Waals surface area contributed by atoms with Crippen LogP contribution in [0, 0.1) is 28.6 Å². The number of rotatable bonds is 9. The maximum atomic E-state index is 12.9.